The van der Waals surface area contributed by atoms with Gasteiger partial charge in [0.1, 0.15) is 5.82 Å². The largest absolute Gasteiger partial charge is 0.388 e. The first-order chi connectivity index (χ1) is 7.20. The van der Waals surface area contributed by atoms with E-state index in [1.165, 1.54) is 12.8 Å². The average Bonchev–Trinajstić information content (AvgIpc) is 3.01. The van der Waals surface area contributed by atoms with Gasteiger partial charge < -0.3 is 10.4 Å². The van der Waals surface area contributed by atoms with Crippen LogP contribution in [0.2, 0.25) is 0 Å². The normalized spacial score (nSPS) is 17.5. The number of rotatable bonds is 4. The van der Waals surface area contributed by atoms with Crippen LogP contribution in [0.3, 0.4) is 0 Å². The van der Waals surface area contributed by atoms with Crippen LogP contribution in [0.15, 0.2) is 12.1 Å². The number of aliphatic hydroxyl groups excluding tert-OH is 1. The molecule has 1 heterocycles. The molecule has 0 bridgehead atoms. The topological polar surface area (TPSA) is 45.1 Å². The molecule has 0 spiro atoms. The molecule has 1 fully saturated rings. The van der Waals surface area contributed by atoms with Gasteiger partial charge in [0, 0.05) is 17.3 Å². The van der Waals surface area contributed by atoms with Gasteiger partial charge in [-0.3, -0.25) is 0 Å². The molecule has 3 nitrogen and oxygen atoms in total. The number of aromatic nitrogens is 1. The molecule has 1 aromatic heterocycles. The minimum Gasteiger partial charge on any atom is -0.388 e. The van der Waals surface area contributed by atoms with Gasteiger partial charge in [-0.15, -0.1) is 0 Å². The summed E-state index contributed by atoms with van der Waals surface area (Å²) < 4.78 is 0. The minimum absolute atomic E-state index is 0.382. The monoisotopic (exact) mass is 206 g/mol. The van der Waals surface area contributed by atoms with E-state index >= 15 is 0 Å². The van der Waals surface area contributed by atoms with E-state index < -0.39 is 0 Å². The summed E-state index contributed by atoms with van der Waals surface area (Å²) in [6.07, 6.45) is 2.85. The zero-order chi connectivity index (χ0) is 10.8. The van der Waals surface area contributed by atoms with E-state index in [0.29, 0.717) is 6.04 Å². The molecule has 82 valence electrons. The van der Waals surface area contributed by atoms with Gasteiger partial charge in [-0.2, -0.15) is 0 Å². The number of anilines is 1. The molecule has 0 saturated heterocycles. The third-order valence-corrected chi connectivity index (χ3v) is 2.80. The van der Waals surface area contributed by atoms with Gasteiger partial charge in [-0.05, 0) is 32.3 Å². The highest BCUT2D eigenvalue weighted by Gasteiger charge is 2.21. The maximum atomic E-state index is 9.73. The van der Waals surface area contributed by atoms with Crippen LogP contribution in [-0.2, 0) is 0 Å². The smallest absolute Gasteiger partial charge is 0.126 e. The van der Waals surface area contributed by atoms with Crippen LogP contribution >= 0.6 is 0 Å². The van der Waals surface area contributed by atoms with Crippen LogP contribution in [0.1, 0.15) is 43.5 Å². The van der Waals surface area contributed by atoms with E-state index in [0.717, 1.165) is 23.5 Å². The summed E-state index contributed by atoms with van der Waals surface area (Å²) in [4.78, 5) is 4.45. The number of aryl methyl sites for hydroxylation is 1. The molecule has 15 heavy (non-hydrogen) atoms. The maximum Gasteiger partial charge on any atom is 0.126 e. The molecule has 1 aromatic rings. The van der Waals surface area contributed by atoms with Crippen molar-refractivity contribution < 1.29 is 5.11 Å². The van der Waals surface area contributed by atoms with Crippen LogP contribution in [0.5, 0.6) is 0 Å². The third-order valence-electron chi connectivity index (χ3n) is 2.80. The summed E-state index contributed by atoms with van der Waals surface area (Å²) in [6.45, 7) is 3.92. The number of hydrogen-bond acceptors (Lipinski definition) is 3. The van der Waals surface area contributed by atoms with Gasteiger partial charge in [0.25, 0.3) is 0 Å². The fourth-order valence-electron chi connectivity index (χ4n) is 1.66. The second-order valence-electron chi connectivity index (χ2n) is 4.21. The van der Waals surface area contributed by atoms with Crippen LogP contribution in [0, 0.1) is 6.92 Å². The predicted molar refractivity (Wildman–Crippen MR) is 60.9 cm³/mol. The number of hydrogen-bond donors (Lipinski definition) is 2. The highest BCUT2D eigenvalue weighted by molar-refractivity contribution is 5.41. The zero-order valence-corrected chi connectivity index (χ0v) is 9.33. The number of nitrogens with zero attached hydrogens (tertiary/aromatic N) is 1. The van der Waals surface area contributed by atoms with Crippen LogP contribution in [0.4, 0.5) is 5.82 Å². The molecule has 0 aromatic carbocycles. The molecule has 1 aliphatic rings. The quantitative estimate of drug-likeness (QED) is 0.795. The Balaban J connectivity index is 2.13. The Morgan fingerprint density at radius 2 is 2.27 bits per heavy atom. The molecule has 1 atom stereocenters. The first-order valence-electron chi connectivity index (χ1n) is 5.63. The average molecular weight is 206 g/mol. The first-order valence-corrected chi connectivity index (χ1v) is 5.63. The predicted octanol–water partition coefficient (Wildman–Crippen LogP) is 2.41. The van der Waals surface area contributed by atoms with E-state index in [2.05, 4.69) is 10.3 Å². The second-order valence-corrected chi connectivity index (χ2v) is 4.21. The van der Waals surface area contributed by atoms with Crippen LogP contribution in [0.25, 0.3) is 0 Å². The summed E-state index contributed by atoms with van der Waals surface area (Å²) in [5.41, 5.74) is 1.87. The van der Waals surface area contributed by atoms with Gasteiger partial charge in [0.05, 0.1) is 6.10 Å². The molecule has 1 saturated carbocycles. The number of nitrogens with one attached hydrogen (secondary N) is 1. The van der Waals surface area contributed by atoms with E-state index in [1.54, 1.807) is 0 Å². The number of pyridine rings is 1. The lowest BCUT2D eigenvalue weighted by Crippen LogP contribution is -2.06. The van der Waals surface area contributed by atoms with Gasteiger partial charge in [0.15, 0.2) is 0 Å². The summed E-state index contributed by atoms with van der Waals surface area (Å²) in [6, 6.07) is 4.56. The van der Waals surface area contributed by atoms with Crippen LogP contribution < -0.4 is 5.32 Å². The van der Waals surface area contributed by atoms with Gasteiger partial charge in [-0.25, -0.2) is 4.98 Å². The van der Waals surface area contributed by atoms with Crippen molar-refractivity contribution in [2.24, 2.45) is 0 Å². The van der Waals surface area contributed by atoms with Crippen molar-refractivity contribution in [3.05, 3.63) is 23.4 Å². The molecule has 3 heteroatoms. The van der Waals surface area contributed by atoms with E-state index in [1.807, 2.05) is 26.0 Å². The molecule has 1 aliphatic carbocycles. The van der Waals surface area contributed by atoms with Crippen LogP contribution in [-0.4, -0.2) is 16.1 Å². The lowest BCUT2D eigenvalue weighted by Gasteiger charge is -2.12. The van der Waals surface area contributed by atoms with Gasteiger partial charge in [-0.1, -0.05) is 13.0 Å². The van der Waals surface area contributed by atoms with Gasteiger partial charge in [0.2, 0.25) is 0 Å². The molecule has 2 rings (SSSR count). The van der Waals surface area contributed by atoms with Gasteiger partial charge >= 0.3 is 0 Å². The molecule has 2 N–H and O–H groups in total. The van der Waals surface area contributed by atoms with Crippen molar-refractivity contribution in [3.8, 4) is 0 Å². The van der Waals surface area contributed by atoms with E-state index in [-0.39, 0.29) is 6.10 Å². The second kappa shape index (κ2) is 4.19. The summed E-state index contributed by atoms with van der Waals surface area (Å²) in [5.74, 6) is 0.932. The lowest BCUT2D eigenvalue weighted by molar-refractivity contribution is 0.172. The van der Waals surface area contributed by atoms with E-state index in [4.69, 9.17) is 0 Å². The Hall–Kier alpha value is -1.09. The highest BCUT2D eigenvalue weighted by atomic mass is 16.3. The Bertz CT molecular complexity index is 347. The molecule has 0 amide bonds. The molecule has 0 radical (unpaired) electrons. The van der Waals surface area contributed by atoms with Crippen molar-refractivity contribution in [3.63, 3.8) is 0 Å². The summed E-state index contributed by atoms with van der Waals surface area (Å²) in [7, 11) is 0. The first kappa shape index (κ1) is 10.4. The van der Waals surface area contributed by atoms with Crippen molar-refractivity contribution in [1.82, 2.24) is 4.98 Å². The SMILES string of the molecule is CC[C@H](O)c1ccc(NC2CC2)nc1C. The summed E-state index contributed by atoms with van der Waals surface area (Å²) in [5, 5.41) is 13.1. The Morgan fingerprint density at radius 1 is 1.53 bits per heavy atom. The standard InChI is InChI=1S/C12H18N2O/c1-3-11(15)10-6-7-12(13-8(10)2)14-9-4-5-9/h6-7,9,11,15H,3-5H2,1-2H3,(H,13,14)/t11-/m0/s1. The third kappa shape index (κ3) is 2.48. The molecule has 0 unspecified atom stereocenters. The lowest BCUT2D eigenvalue weighted by atomic mass is 10.1. The Labute approximate surface area is 90.5 Å². The fraction of sp³-hybridized carbons (Fsp3) is 0.583. The molecule has 0 aliphatic heterocycles. The minimum atomic E-state index is -0.382. The number of aliphatic hydroxyl groups is 1. The maximum absolute atomic E-state index is 9.73. The Morgan fingerprint density at radius 3 is 2.80 bits per heavy atom. The van der Waals surface area contributed by atoms with Crippen molar-refractivity contribution >= 4 is 5.82 Å². The van der Waals surface area contributed by atoms with Crippen molar-refractivity contribution in [2.45, 2.75) is 45.3 Å². The van der Waals surface area contributed by atoms with Crippen molar-refractivity contribution in [2.75, 3.05) is 5.32 Å². The Kier molecular flexibility index (Phi) is 2.91. The zero-order valence-electron chi connectivity index (χ0n) is 9.33. The van der Waals surface area contributed by atoms with Crippen molar-refractivity contribution in [1.29, 1.82) is 0 Å². The molecular formula is C12H18N2O. The molecular weight excluding hydrogens is 188 g/mol. The van der Waals surface area contributed by atoms with E-state index in [9.17, 15) is 5.11 Å². The highest BCUT2D eigenvalue weighted by Crippen LogP contribution is 2.25. The summed E-state index contributed by atoms with van der Waals surface area (Å²) >= 11 is 0. The fourth-order valence-corrected chi connectivity index (χ4v) is 1.66.